The second-order valence-corrected chi connectivity index (χ2v) is 6.46. The lowest BCUT2D eigenvalue weighted by Crippen LogP contribution is -2.04. The molecule has 4 heteroatoms. The molecule has 2 heterocycles. The first-order chi connectivity index (χ1) is 13.1. The van der Waals surface area contributed by atoms with Crippen LogP contribution in [0.25, 0.3) is 33.4 Å². The number of hydrogen-bond donors (Lipinski definition) is 0. The van der Waals surface area contributed by atoms with Gasteiger partial charge in [-0.3, -0.25) is 0 Å². The molecule has 0 aliphatic heterocycles. The number of furan rings is 1. The maximum Gasteiger partial charge on any atom is 0.356 e. The highest BCUT2D eigenvalue weighted by molar-refractivity contribution is 5.94. The molecule has 4 rings (SSSR count). The highest BCUT2D eigenvalue weighted by Crippen LogP contribution is 2.35. The Morgan fingerprint density at radius 3 is 2.44 bits per heavy atom. The van der Waals surface area contributed by atoms with Gasteiger partial charge in [-0.2, -0.15) is 0 Å². The third kappa shape index (κ3) is 2.99. The lowest BCUT2D eigenvalue weighted by Gasteiger charge is -2.10. The summed E-state index contributed by atoms with van der Waals surface area (Å²) in [5.41, 5.74) is 6.12. The van der Waals surface area contributed by atoms with Crippen molar-refractivity contribution in [3.8, 4) is 22.5 Å². The number of methoxy groups -OCH3 is 1. The number of ether oxygens (including phenoxy) is 1. The van der Waals surface area contributed by atoms with Crippen LogP contribution in [0.4, 0.5) is 0 Å². The van der Waals surface area contributed by atoms with Crippen LogP contribution in [0.3, 0.4) is 0 Å². The van der Waals surface area contributed by atoms with Crippen LogP contribution < -0.4 is 0 Å². The molecule has 0 bridgehead atoms. The van der Waals surface area contributed by atoms with Crippen molar-refractivity contribution in [3.63, 3.8) is 0 Å². The number of carbonyl (C=O) groups excluding carboxylic acids is 1. The summed E-state index contributed by atoms with van der Waals surface area (Å²) < 4.78 is 10.9. The highest BCUT2D eigenvalue weighted by Gasteiger charge is 2.16. The van der Waals surface area contributed by atoms with Crippen molar-refractivity contribution in [1.82, 2.24) is 4.98 Å². The Kier molecular flexibility index (Phi) is 4.24. The molecule has 0 saturated carbocycles. The summed E-state index contributed by atoms with van der Waals surface area (Å²) in [4.78, 5) is 16.1. The molecule has 134 valence electrons. The number of rotatable bonds is 3. The molecule has 2 aromatic heterocycles. The molecule has 0 atom stereocenters. The molecule has 0 saturated heterocycles. The summed E-state index contributed by atoms with van der Waals surface area (Å²) in [7, 11) is 1.35. The van der Waals surface area contributed by atoms with Crippen LogP contribution in [-0.4, -0.2) is 18.1 Å². The second kappa shape index (κ2) is 6.72. The third-order valence-corrected chi connectivity index (χ3v) is 4.75. The van der Waals surface area contributed by atoms with Crippen LogP contribution in [0.5, 0.6) is 0 Å². The number of aryl methyl sites for hydroxylation is 1. The van der Waals surface area contributed by atoms with Gasteiger partial charge in [0.1, 0.15) is 11.5 Å². The fraction of sp³-hybridized carbons (Fsp3) is 0.130. The topological polar surface area (TPSA) is 52.3 Å². The fourth-order valence-corrected chi connectivity index (χ4v) is 3.38. The van der Waals surface area contributed by atoms with E-state index < -0.39 is 5.97 Å². The minimum absolute atomic E-state index is 0.282. The summed E-state index contributed by atoms with van der Waals surface area (Å²) in [6, 6.07) is 20.1. The number of esters is 1. The van der Waals surface area contributed by atoms with Crippen LogP contribution in [-0.2, 0) is 4.74 Å². The van der Waals surface area contributed by atoms with E-state index in [0.29, 0.717) is 11.3 Å². The van der Waals surface area contributed by atoms with Gasteiger partial charge in [0.15, 0.2) is 5.58 Å². The summed E-state index contributed by atoms with van der Waals surface area (Å²) in [6.45, 7) is 3.92. The van der Waals surface area contributed by atoms with Crippen molar-refractivity contribution in [2.45, 2.75) is 13.8 Å². The van der Waals surface area contributed by atoms with Crippen molar-refractivity contribution in [2.75, 3.05) is 7.11 Å². The largest absolute Gasteiger partial charge is 0.464 e. The van der Waals surface area contributed by atoms with Gasteiger partial charge in [0.05, 0.1) is 12.8 Å². The summed E-state index contributed by atoms with van der Waals surface area (Å²) in [6.07, 6.45) is 0. The molecule has 2 aromatic carbocycles. The molecule has 0 amide bonds. The maximum absolute atomic E-state index is 11.8. The average molecular weight is 357 g/mol. The van der Waals surface area contributed by atoms with Crippen molar-refractivity contribution < 1.29 is 13.9 Å². The predicted molar refractivity (Wildman–Crippen MR) is 106 cm³/mol. The minimum Gasteiger partial charge on any atom is -0.464 e. The number of aromatic nitrogens is 1. The first-order valence-corrected chi connectivity index (χ1v) is 8.73. The molecule has 0 unspecified atom stereocenters. The SMILES string of the molecule is COC(=O)c1cc2cc(-c3cccc(-c4ccccc4)c3C)oc2c(C)n1. The van der Waals surface area contributed by atoms with Gasteiger partial charge >= 0.3 is 5.97 Å². The lowest BCUT2D eigenvalue weighted by atomic mass is 9.95. The highest BCUT2D eigenvalue weighted by atomic mass is 16.5. The number of fused-ring (bicyclic) bond motifs is 1. The van der Waals surface area contributed by atoms with Crippen molar-refractivity contribution in [3.05, 3.63) is 77.6 Å². The van der Waals surface area contributed by atoms with E-state index in [1.807, 2.05) is 43.3 Å². The molecule has 0 N–H and O–H groups in total. The number of benzene rings is 2. The second-order valence-electron chi connectivity index (χ2n) is 6.46. The van der Waals surface area contributed by atoms with E-state index >= 15 is 0 Å². The van der Waals surface area contributed by atoms with Gasteiger partial charge < -0.3 is 9.15 Å². The van der Waals surface area contributed by atoms with Crippen molar-refractivity contribution in [2.24, 2.45) is 0 Å². The number of carbonyl (C=O) groups is 1. The first-order valence-electron chi connectivity index (χ1n) is 8.73. The monoisotopic (exact) mass is 357 g/mol. The molecule has 0 aliphatic rings. The molecule has 0 spiro atoms. The Bertz CT molecular complexity index is 1140. The minimum atomic E-state index is -0.454. The van der Waals surface area contributed by atoms with Crippen molar-refractivity contribution >= 4 is 16.9 Å². The van der Waals surface area contributed by atoms with Gasteiger partial charge in [-0.25, -0.2) is 9.78 Å². The van der Waals surface area contributed by atoms with E-state index in [9.17, 15) is 4.79 Å². The smallest absolute Gasteiger partial charge is 0.356 e. The lowest BCUT2D eigenvalue weighted by molar-refractivity contribution is 0.0594. The van der Waals surface area contributed by atoms with Crippen LogP contribution in [0.1, 0.15) is 21.7 Å². The molecule has 4 nitrogen and oxygen atoms in total. The van der Waals surface area contributed by atoms with Gasteiger partial charge in [0, 0.05) is 10.9 Å². The number of pyridine rings is 1. The van der Waals surface area contributed by atoms with Crippen LogP contribution in [0.15, 0.2) is 65.1 Å². The summed E-state index contributed by atoms with van der Waals surface area (Å²) in [5.74, 6) is 0.303. The molecular weight excluding hydrogens is 338 g/mol. The van der Waals surface area contributed by atoms with E-state index in [1.54, 1.807) is 6.07 Å². The normalized spacial score (nSPS) is 10.9. The summed E-state index contributed by atoms with van der Waals surface area (Å²) in [5, 5.41) is 0.836. The molecule has 0 fully saturated rings. The quantitative estimate of drug-likeness (QED) is 0.450. The molecule has 4 aromatic rings. The van der Waals surface area contributed by atoms with Crippen molar-refractivity contribution in [1.29, 1.82) is 0 Å². The molecular formula is C23H19NO3. The maximum atomic E-state index is 11.8. The zero-order valence-corrected chi connectivity index (χ0v) is 15.4. The Morgan fingerprint density at radius 1 is 0.963 bits per heavy atom. The van der Waals surface area contributed by atoms with E-state index in [-0.39, 0.29) is 5.69 Å². The van der Waals surface area contributed by atoms with Gasteiger partial charge in [-0.05, 0) is 42.7 Å². The Hall–Kier alpha value is -3.40. The molecule has 0 radical (unpaired) electrons. The van der Waals surface area contributed by atoms with E-state index in [1.165, 1.54) is 18.2 Å². The predicted octanol–water partition coefficient (Wildman–Crippen LogP) is 5.57. The Labute approximate surface area is 157 Å². The van der Waals surface area contributed by atoms with Crippen LogP contribution in [0, 0.1) is 13.8 Å². The fourth-order valence-electron chi connectivity index (χ4n) is 3.38. The zero-order valence-electron chi connectivity index (χ0n) is 15.4. The van der Waals surface area contributed by atoms with E-state index in [4.69, 9.17) is 9.15 Å². The molecule has 27 heavy (non-hydrogen) atoms. The number of hydrogen-bond acceptors (Lipinski definition) is 4. The number of nitrogens with zero attached hydrogens (tertiary/aromatic N) is 1. The Morgan fingerprint density at radius 2 is 1.70 bits per heavy atom. The van der Waals surface area contributed by atoms with Gasteiger partial charge in [0.25, 0.3) is 0 Å². The van der Waals surface area contributed by atoms with E-state index in [2.05, 4.69) is 30.1 Å². The molecule has 0 aliphatic carbocycles. The van der Waals surface area contributed by atoms with Gasteiger partial charge in [-0.1, -0.05) is 48.5 Å². The van der Waals surface area contributed by atoms with Gasteiger partial charge in [0.2, 0.25) is 0 Å². The van der Waals surface area contributed by atoms with E-state index in [0.717, 1.165) is 22.3 Å². The van der Waals surface area contributed by atoms with Crippen LogP contribution >= 0.6 is 0 Å². The van der Waals surface area contributed by atoms with Gasteiger partial charge in [-0.15, -0.1) is 0 Å². The van der Waals surface area contributed by atoms with Crippen LogP contribution in [0.2, 0.25) is 0 Å². The summed E-state index contributed by atoms with van der Waals surface area (Å²) >= 11 is 0. The average Bonchev–Trinajstić information content (AvgIpc) is 3.12. The standard InChI is InChI=1S/C23H19NO3/c1-14-18(16-8-5-4-6-9-16)10-7-11-19(14)21-13-17-12-20(23(25)26-3)24-15(2)22(17)27-21/h4-13H,1-3H3. The first kappa shape index (κ1) is 17.0. The Balaban J connectivity index is 1.86. The zero-order chi connectivity index (χ0) is 19.0. The third-order valence-electron chi connectivity index (χ3n) is 4.75.